The second kappa shape index (κ2) is 6.95. The standard InChI is InChI=1S/C18H17N3O3/c22-16(19-11-10-13-6-2-1-3-7-13)12-21-17(23)14-8-4-5-9-15(14)20-18(21)24/h1-9H,10-12H2,(H,19,22)(H,20,24). The van der Waals surface area contributed by atoms with Crippen LogP contribution in [0.3, 0.4) is 0 Å². The Hall–Kier alpha value is -3.15. The molecule has 0 atom stereocenters. The molecule has 6 nitrogen and oxygen atoms in total. The largest absolute Gasteiger partial charge is 0.354 e. The van der Waals surface area contributed by atoms with Gasteiger partial charge in [0, 0.05) is 6.54 Å². The summed E-state index contributed by atoms with van der Waals surface area (Å²) in [6, 6.07) is 16.5. The third kappa shape index (κ3) is 3.43. The summed E-state index contributed by atoms with van der Waals surface area (Å²) in [5, 5.41) is 3.11. The molecule has 0 aliphatic heterocycles. The summed E-state index contributed by atoms with van der Waals surface area (Å²) in [5.74, 6) is -0.367. The molecule has 2 aromatic carbocycles. The highest BCUT2D eigenvalue weighted by Crippen LogP contribution is 2.02. The number of carbonyl (C=O) groups excluding carboxylic acids is 1. The van der Waals surface area contributed by atoms with Crippen LogP contribution < -0.4 is 16.6 Å². The van der Waals surface area contributed by atoms with Gasteiger partial charge < -0.3 is 10.3 Å². The van der Waals surface area contributed by atoms with Gasteiger partial charge in [-0.15, -0.1) is 0 Å². The summed E-state index contributed by atoms with van der Waals surface area (Å²) in [7, 11) is 0. The van der Waals surface area contributed by atoms with Crippen molar-refractivity contribution in [1.29, 1.82) is 0 Å². The Morgan fingerprint density at radius 1 is 1.00 bits per heavy atom. The van der Waals surface area contributed by atoms with Crippen molar-refractivity contribution in [2.24, 2.45) is 0 Å². The summed E-state index contributed by atoms with van der Waals surface area (Å²) in [4.78, 5) is 39.0. The van der Waals surface area contributed by atoms with Gasteiger partial charge in [-0.2, -0.15) is 0 Å². The quantitative estimate of drug-likeness (QED) is 0.736. The molecular formula is C18H17N3O3. The number of nitrogens with one attached hydrogen (secondary N) is 2. The number of H-pyrrole nitrogens is 1. The van der Waals surface area contributed by atoms with E-state index in [2.05, 4.69) is 10.3 Å². The highest BCUT2D eigenvalue weighted by molar-refractivity contribution is 5.78. The van der Waals surface area contributed by atoms with Crippen molar-refractivity contribution in [3.8, 4) is 0 Å². The zero-order valence-corrected chi connectivity index (χ0v) is 13.0. The van der Waals surface area contributed by atoms with E-state index in [-0.39, 0.29) is 12.5 Å². The van der Waals surface area contributed by atoms with Gasteiger partial charge in [-0.3, -0.25) is 14.2 Å². The predicted molar refractivity (Wildman–Crippen MR) is 92.0 cm³/mol. The Balaban J connectivity index is 1.69. The predicted octanol–water partition coefficient (Wildman–Crippen LogP) is 1.05. The molecule has 3 aromatic rings. The maximum Gasteiger partial charge on any atom is 0.329 e. The van der Waals surface area contributed by atoms with Crippen molar-refractivity contribution in [3.63, 3.8) is 0 Å². The van der Waals surface area contributed by atoms with Gasteiger partial charge in [-0.1, -0.05) is 42.5 Å². The minimum absolute atomic E-state index is 0.298. The Kier molecular flexibility index (Phi) is 4.56. The number of amides is 1. The molecule has 3 rings (SSSR count). The molecule has 6 heteroatoms. The molecule has 1 aromatic heterocycles. The highest BCUT2D eigenvalue weighted by Gasteiger charge is 2.10. The number of fused-ring (bicyclic) bond motifs is 1. The van der Waals surface area contributed by atoms with E-state index in [0.717, 1.165) is 10.1 Å². The van der Waals surface area contributed by atoms with Crippen LogP contribution >= 0.6 is 0 Å². The first-order valence-electron chi connectivity index (χ1n) is 7.67. The lowest BCUT2D eigenvalue weighted by molar-refractivity contribution is -0.121. The van der Waals surface area contributed by atoms with Gasteiger partial charge in [0.15, 0.2) is 0 Å². The lowest BCUT2D eigenvalue weighted by atomic mass is 10.1. The number of carbonyl (C=O) groups is 1. The fraction of sp³-hybridized carbons (Fsp3) is 0.167. The molecule has 1 amide bonds. The average Bonchev–Trinajstić information content (AvgIpc) is 2.59. The van der Waals surface area contributed by atoms with E-state index >= 15 is 0 Å². The normalized spacial score (nSPS) is 10.7. The van der Waals surface area contributed by atoms with Crippen molar-refractivity contribution >= 4 is 16.8 Å². The Morgan fingerprint density at radius 3 is 2.50 bits per heavy atom. The fourth-order valence-corrected chi connectivity index (χ4v) is 2.53. The van der Waals surface area contributed by atoms with Crippen LogP contribution in [0, 0.1) is 0 Å². The van der Waals surface area contributed by atoms with Gasteiger partial charge in [0.25, 0.3) is 5.56 Å². The van der Waals surface area contributed by atoms with Crippen LogP contribution in [0.5, 0.6) is 0 Å². The summed E-state index contributed by atoms with van der Waals surface area (Å²) < 4.78 is 0.917. The number of hydrogen-bond donors (Lipinski definition) is 2. The average molecular weight is 323 g/mol. The highest BCUT2D eigenvalue weighted by atomic mass is 16.2. The molecule has 1 heterocycles. The molecule has 0 saturated carbocycles. The van der Waals surface area contributed by atoms with E-state index in [9.17, 15) is 14.4 Å². The van der Waals surface area contributed by atoms with Crippen LogP contribution in [-0.4, -0.2) is 22.0 Å². The van der Waals surface area contributed by atoms with E-state index in [1.165, 1.54) is 0 Å². The molecular weight excluding hydrogens is 306 g/mol. The van der Waals surface area contributed by atoms with Gasteiger partial charge in [0.05, 0.1) is 10.9 Å². The first-order chi connectivity index (χ1) is 11.6. The first kappa shape index (κ1) is 15.7. The lowest BCUT2D eigenvalue weighted by Gasteiger charge is -2.08. The molecule has 2 N–H and O–H groups in total. The minimum Gasteiger partial charge on any atom is -0.354 e. The van der Waals surface area contributed by atoms with Gasteiger partial charge >= 0.3 is 5.69 Å². The van der Waals surface area contributed by atoms with Crippen molar-refractivity contribution in [3.05, 3.63) is 81.0 Å². The van der Waals surface area contributed by atoms with Crippen molar-refractivity contribution in [1.82, 2.24) is 14.9 Å². The summed E-state index contributed by atoms with van der Waals surface area (Å²) in [6.45, 7) is 0.150. The van der Waals surface area contributed by atoms with Crippen LogP contribution in [0.25, 0.3) is 10.9 Å². The summed E-state index contributed by atoms with van der Waals surface area (Å²) in [5.41, 5.74) is 0.524. The van der Waals surface area contributed by atoms with Crippen LogP contribution in [-0.2, 0) is 17.8 Å². The molecule has 0 bridgehead atoms. The monoisotopic (exact) mass is 323 g/mol. The number of aromatic nitrogens is 2. The maximum atomic E-state index is 12.3. The maximum absolute atomic E-state index is 12.3. The van der Waals surface area contributed by atoms with Crippen LogP contribution in [0.4, 0.5) is 0 Å². The molecule has 0 spiro atoms. The van der Waals surface area contributed by atoms with Crippen LogP contribution in [0.1, 0.15) is 5.56 Å². The second-order valence-corrected chi connectivity index (χ2v) is 5.45. The van der Waals surface area contributed by atoms with Gasteiger partial charge in [0.1, 0.15) is 6.54 Å². The Bertz CT molecular complexity index is 974. The van der Waals surface area contributed by atoms with E-state index in [1.54, 1.807) is 24.3 Å². The number of aromatic amines is 1. The van der Waals surface area contributed by atoms with Crippen LogP contribution in [0.2, 0.25) is 0 Å². The zero-order valence-electron chi connectivity index (χ0n) is 13.0. The molecule has 0 aliphatic rings. The molecule has 0 radical (unpaired) electrons. The molecule has 122 valence electrons. The Morgan fingerprint density at radius 2 is 1.71 bits per heavy atom. The summed E-state index contributed by atoms with van der Waals surface area (Å²) >= 11 is 0. The zero-order chi connectivity index (χ0) is 16.9. The lowest BCUT2D eigenvalue weighted by Crippen LogP contribution is -2.41. The van der Waals surface area contributed by atoms with Gasteiger partial charge in [0.2, 0.25) is 5.91 Å². The first-order valence-corrected chi connectivity index (χ1v) is 7.67. The SMILES string of the molecule is O=C(Cn1c(=O)[nH]c2ccccc2c1=O)NCCc1ccccc1. The topological polar surface area (TPSA) is 84.0 Å². The van der Waals surface area contributed by atoms with Crippen molar-refractivity contribution in [2.75, 3.05) is 6.54 Å². The number of rotatable bonds is 5. The van der Waals surface area contributed by atoms with Crippen molar-refractivity contribution < 1.29 is 4.79 Å². The van der Waals surface area contributed by atoms with Gasteiger partial charge in [-0.05, 0) is 24.1 Å². The third-order valence-corrected chi connectivity index (χ3v) is 3.77. The second-order valence-electron chi connectivity index (χ2n) is 5.45. The van der Waals surface area contributed by atoms with E-state index in [1.807, 2.05) is 30.3 Å². The molecule has 0 unspecified atom stereocenters. The van der Waals surface area contributed by atoms with E-state index in [0.29, 0.717) is 23.9 Å². The minimum atomic E-state index is -0.586. The molecule has 0 fully saturated rings. The van der Waals surface area contributed by atoms with E-state index in [4.69, 9.17) is 0 Å². The van der Waals surface area contributed by atoms with E-state index < -0.39 is 11.2 Å². The number of hydrogen-bond acceptors (Lipinski definition) is 3. The van der Waals surface area contributed by atoms with Gasteiger partial charge in [-0.25, -0.2) is 4.79 Å². The molecule has 24 heavy (non-hydrogen) atoms. The molecule has 0 saturated heterocycles. The molecule has 0 aliphatic carbocycles. The number of para-hydroxylation sites is 1. The van der Waals surface area contributed by atoms with Crippen molar-refractivity contribution in [2.45, 2.75) is 13.0 Å². The fourth-order valence-electron chi connectivity index (χ4n) is 2.53. The number of nitrogens with zero attached hydrogens (tertiary/aromatic N) is 1. The summed E-state index contributed by atoms with van der Waals surface area (Å²) in [6.07, 6.45) is 0.690. The third-order valence-electron chi connectivity index (χ3n) is 3.77. The smallest absolute Gasteiger partial charge is 0.329 e. The van der Waals surface area contributed by atoms with Crippen LogP contribution in [0.15, 0.2) is 64.2 Å². The number of benzene rings is 2. The Labute approximate surface area is 137 Å².